The van der Waals surface area contributed by atoms with Gasteiger partial charge in [-0.2, -0.15) is 0 Å². The Balaban J connectivity index is 1.35. The number of carbonyl (C=O) groups is 1. The topological polar surface area (TPSA) is 64.1 Å². The van der Waals surface area contributed by atoms with Gasteiger partial charge in [0.15, 0.2) is 11.5 Å². The van der Waals surface area contributed by atoms with Crippen LogP contribution < -0.4 is 14.2 Å². The smallest absolute Gasteiger partial charge is 0.257 e. The van der Waals surface area contributed by atoms with Crippen molar-refractivity contribution >= 4 is 17.2 Å². The van der Waals surface area contributed by atoms with Crippen LogP contribution in [0.5, 0.6) is 17.2 Å². The Morgan fingerprint density at radius 2 is 1.72 bits per heavy atom. The molecular weight excluding hydrogens is 426 g/mol. The third-order valence-electron chi connectivity index (χ3n) is 5.57. The molecule has 2 aromatic carbocycles. The highest BCUT2D eigenvalue weighted by molar-refractivity contribution is 7.13. The van der Waals surface area contributed by atoms with E-state index in [0.29, 0.717) is 30.2 Å². The first-order chi connectivity index (χ1) is 15.6. The maximum absolute atomic E-state index is 13.1. The minimum Gasteiger partial charge on any atom is -0.497 e. The van der Waals surface area contributed by atoms with Gasteiger partial charge in [-0.25, -0.2) is 4.98 Å². The van der Waals surface area contributed by atoms with E-state index in [1.54, 1.807) is 44.8 Å². The van der Waals surface area contributed by atoms with Crippen LogP contribution in [0.3, 0.4) is 0 Å². The Kier molecular flexibility index (Phi) is 6.92. The molecular formula is C24H27N3O4S. The van der Waals surface area contributed by atoms with Gasteiger partial charge < -0.3 is 19.1 Å². The van der Waals surface area contributed by atoms with Crippen molar-refractivity contribution in [2.75, 3.05) is 47.5 Å². The van der Waals surface area contributed by atoms with Crippen LogP contribution >= 0.6 is 11.3 Å². The molecule has 0 spiro atoms. The highest BCUT2D eigenvalue weighted by atomic mass is 32.1. The zero-order chi connectivity index (χ0) is 22.5. The second-order valence-corrected chi connectivity index (χ2v) is 8.34. The monoisotopic (exact) mass is 453 g/mol. The number of ether oxygens (including phenoxy) is 3. The summed E-state index contributed by atoms with van der Waals surface area (Å²) >= 11 is 1.65. The van der Waals surface area contributed by atoms with Crippen LogP contribution in [-0.4, -0.2) is 68.2 Å². The molecule has 4 rings (SSSR count). The third kappa shape index (κ3) is 4.71. The van der Waals surface area contributed by atoms with E-state index in [1.807, 2.05) is 35.2 Å². The number of carbonyl (C=O) groups excluding carboxylic acids is 1. The van der Waals surface area contributed by atoms with Crippen LogP contribution in [0.2, 0.25) is 0 Å². The Morgan fingerprint density at radius 3 is 2.38 bits per heavy atom. The average Bonchev–Trinajstić information content (AvgIpc) is 3.32. The second kappa shape index (κ2) is 10.0. The molecule has 0 N–H and O–H groups in total. The molecule has 0 radical (unpaired) electrons. The molecule has 0 saturated carbocycles. The molecule has 1 fully saturated rings. The van der Waals surface area contributed by atoms with Crippen LogP contribution in [-0.2, 0) is 6.54 Å². The fraction of sp³-hybridized carbons (Fsp3) is 0.333. The standard InChI is InChI=1S/C24H27N3O4S/c1-29-19-9-7-17(8-10-19)23-25-18(16-32-23)15-26-11-13-27(14-12-26)24(28)20-5-4-6-21(30-2)22(20)31-3/h4-10,16H,11-15H2,1-3H3. The molecule has 1 aliphatic heterocycles. The first-order valence-corrected chi connectivity index (χ1v) is 11.3. The summed E-state index contributed by atoms with van der Waals surface area (Å²) < 4.78 is 16.0. The summed E-state index contributed by atoms with van der Waals surface area (Å²) in [6.45, 7) is 3.70. The molecule has 1 aliphatic rings. The minimum atomic E-state index is -0.0316. The maximum Gasteiger partial charge on any atom is 0.257 e. The number of hydrogen-bond donors (Lipinski definition) is 0. The van der Waals surface area contributed by atoms with E-state index in [2.05, 4.69) is 10.3 Å². The number of aromatic nitrogens is 1. The normalized spacial score (nSPS) is 14.3. The highest BCUT2D eigenvalue weighted by Gasteiger charge is 2.26. The molecule has 3 aromatic rings. The Bertz CT molecular complexity index is 1060. The van der Waals surface area contributed by atoms with Crippen molar-refractivity contribution in [1.82, 2.24) is 14.8 Å². The van der Waals surface area contributed by atoms with Crippen molar-refractivity contribution in [3.8, 4) is 27.8 Å². The van der Waals surface area contributed by atoms with Gasteiger partial charge in [0.25, 0.3) is 5.91 Å². The summed E-state index contributed by atoms with van der Waals surface area (Å²) in [4.78, 5) is 22.1. The summed E-state index contributed by atoms with van der Waals surface area (Å²) in [6, 6.07) is 13.3. The SMILES string of the molecule is COc1ccc(-c2nc(CN3CCN(C(=O)c4cccc(OC)c4OC)CC3)cs2)cc1. The average molecular weight is 454 g/mol. The van der Waals surface area contributed by atoms with Gasteiger partial charge >= 0.3 is 0 Å². The van der Waals surface area contributed by atoms with Gasteiger partial charge in [-0.15, -0.1) is 11.3 Å². The van der Waals surface area contributed by atoms with Gasteiger partial charge in [0.1, 0.15) is 10.8 Å². The van der Waals surface area contributed by atoms with E-state index in [1.165, 1.54) is 0 Å². The van der Waals surface area contributed by atoms with E-state index < -0.39 is 0 Å². The largest absolute Gasteiger partial charge is 0.497 e. The van der Waals surface area contributed by atoms with Gasteiger partial charge in [0.05, 0.1) is 32.6 Å². The van der Waals surface area contributed by atoms with Crippen LogP contribution in [0.4, 0.5) is 0 Å². The van der Waals surface area contributed by atoms with Crippen LogP contribution in [0.15, 0.2) is 47.8 Å². The zero-order valence-electron chi connectivity index (χ0n) is 18.5. The molecule has 0 bridgehead atoms. The van der Waals surface area contributed by atoms with Crippen molar-refractivity contribution in [3.05, 3.63) is 59.1 Å². The molecule has 0 aliphatic carbocycles. The van der Waals surface area contributed by atoms with Crippen molar-refractivity contribution in [1.29, 1.82) is 0 Å². The Hall–Kier alpha value is -3.10. The first kappa shape index (κ1) is 22.1. The second-order valence-electron chi connectivity index (χ2n) is 7.48. The molecule has 168 valence electrons. The zero-order valence-corrected chi connectivity index (χ0v) is 19.4. The van der Waals surface area contributed by atoms with E-state index in [0.717, 1.165) is 41.6 Å². The number of piperazine rings is 1. The molecule has 1 aromatic heterocycles. The van der Waals surface area contributed by atoms with Crippen molar-refractivity contribution in [2.24, 2.45) is 0 Å². The molecule has 7 nitrogen and oxygen atoms in total. The number of benzene rings is 2. The van der Waals surface area contributed by atoms with Gasteiger partial charge in [-0.1, -0.05) is 6.07 Å². The fourth-order valence-corrected chi connectivity index (χ4v) is 4.63. The molecule has 1 amide bonds. The quantitative estimate of drug-likeness (QED) is 0.542. The van der Waals surface area contributed by atoms with Crippen LogP contribution in [0, 0.1) is 0 Å². The van der Waals surface area contributed by atoms with Crippen molar-refractivity contribution < 1.29 is 19.0 Å². The van der Waals surface area contributed by atoms with E-state index in [9.17, 15) is 4.79 Å². The maximum atomic E-state index is 13.1. The number of amides is 1. The molecule has 0 unspecified atom stereocenters. The summed E-state index contributed by atoms with van der Waals surface area (Å²) in [5, 5.41) is 3.11. The minimum absolute atomic E-state index is 0.0316. The van der Waals surface area contributed by atoms with Gasteiger partial charge in [0.2, 0.25) is 0 Å². The third-order valence-corrected chi connectivity index (χ3v) is 6.51. The number of thiazole rings is 1. The fourth-order valence-electron chi connectivity index (χ4n) is 3.81. The lowest BCUT2D eigenvalue weighted by atomic mass is 10.1. The number of methoxy groups -OCH3 is 3. The molecule has 1 saturated heterocycles. The van der Waals surface area contributed by atoms with Crippen molar-refractivity contribution in [2.45, 2.75) is 6.54 Å². The van der Waals surface area contributed by atoms with E-state index in [4.69, 9.17) is 19.2 Å². The van der Waals surface area contributed by atoms with Gasteiger partial charge in [-0.05, 0) is 36.4 Å². The Morgan fingerprint density at radius 1 is 0.969 bits per heavy atom. The van der Waals surface area contributed by atoms with Crippen molar-refractivity contribution in [3.63, 3.8) is 0 Å². The molecule has 2 heterocycles. The van der Waals surface area contributed by atoms with Crippen LogP contribution in [0.25, 0.3) is 10.6 Å². The summed E-state index contributed by atoms with van der Waals surface area (Å²) in [7, 11) is 4.79. The predicted octanol–water partition coefficient (Wildman–Crippen LogP) is 3.79. The summed E-state index contributed by atoms with van der Waals surface area (Å²) in [6.07, 6.45) is 0. The van der Waals surface area contributed by atoms with E-state index >= 15 is 0 Å². The lowest BCUT2D eigenvalue weighted by Crippen LogP contribution is -2.48. The lowest BCUT2D eigenvalue weighted by Gasteiger charge is -2.34. The Labute approximate surface area is 192 Å². The predicted molar refractivity (Wildman–Crippen MR) is 125 cm³/mol. The summed E-state index contributed by atoms with van der Waals surface area (Å²) in [5.41, 5.74) is 2.67. The lowest BCUT2D eigenvalue weighted by molar-refractivity contribution is 0.0623. The molecule has 0 atom stereocenters. The highest BCUT2D eigenvalue weighted by Crippen LogP contribution is 2.32. The number of para-hydroxylation sites is 1. The number of rotatable bonds is 7. The van der Waals surface area contributed by atoms with Gasteiger partial charge in [-0.3, -0.25) is 9.69 Å². The first-order valence-electron chi connectivity index (χ1n) is 10.4. The number of nitrogens with zero attached hydrogens (tertiary/aromatic N) is 3. The molecule has 32 heavy (non-hydrogen) atoms. The van der Waals surface area contributed by atoms with E-state index in [-0.39, 0.29) is 5.91 Å². The molecule has 8 heteroatoms. The number of hydrogen-bond acceptors (Lipinski definition) is 7. The van der Waals surface area contributed by atoms with Crippen LogP contribution in [0.1, 0.15) is 16.1 Å². The summed E-state index contributed by atoms with van der Waals surface area (Å²) in [5.74, 6) is 1.85. The van der Waals surface area contributed by atoms with Gasteiger partial charge in [0, 0.05) is 43.7 Å².